The van der Waals surface area contributed by atoms with Crippen molar-refractivity contribution in [2.75, 3.05) is 20.5 Å². The third-order valence-corrected chi connectivity index (χ3v) is 21.2. The predicted octanol–water partition coefficient (Wildman–Crippen LogP) is 10.0. The molecule has 1 saturated carbocycles. The van der Waals surface area contributed by atoms with Crippen LogP contribution in [0.25, 0.3) is 0 Å². The fraction of sp³-hybridized carbons (Fsp3) is 0.895. The average Bonchev–Trinajstić information content (AvgIpc) is 2.84. The van der Waals surface area contributed by atoms with Crippen LogP contribution in [0.2, 0.25) is 36.3 Å². The summed E-state index contributed by atoms with van der Waals surface area (Å²) in [7, 11) is -2.42. The van der Waals surface area contributed by atoms with Crippen LogP contribution in [-0.2, 0) is 23.1 Å². The van der Waals surface area contributed by atoms with Gasteiger partial charge < -0.3 is 28.2 Å². The van der Waals surface area contributed by atoms with Crippen molar-refractivity contribution < 1.29 is 28.2 Å². The molecule has 0 heterocycles. The fourth-order valence-corrected chi connectivity index (χ4v) is 9.35. The molecule has 0 aromatic rings. The molecule has 1 N–H and O–H groups in total. The zero-order valence-electron chi connectivity index (χ0n) is 33.3. The van der Waals surface area contributed by atoms with Crippen molar-refractivity contribution in [2.45, 2.75) is 181 Å². The van der Waals surface area contributed by atoms with E-state index in [1.54, 1.807) is 7.11 Å². The lowest BCUT2D eigenvalue weighted by molar-refractivity contribution is -0.216. The third-order valence-electron chi connectivity index (χ3n) is 12.2. The van der Waals surface area contributed by atoms with Crippen LogP contribution < -0.4 is 0 Å². The van der Waals surface area contributed by atoms with Gasteiger partial charge in [0.1, 0.15) is 12.4 Å². The Balaban J connectivity index is 2.66. The van der Waals surface area contributed by atoms with Gasteiger partial charge >= 0.3 is 0 Å². The van der Waals surface area contributed by atoms with Crippen molar-refractivity contribution in [3.8, 4) is 0 Å². The maximum atomic E-state index is 13.0. The maximum absolute atomic E-state index is 13.0. The first-order valence-electron chi connectivity index (χ1n) is 17.6. The highest BCUT2D eigenvalue weighted by atomic mass is 28.4. The van der Waals surface area contributed by atoms with Crippen molar-refractivity contribution in [2.24, 2.45) is 16.7 Å². The maximum Gasteiger partial charge on any atom is 0.192 e. The molecule has 0 unspecified atom stereocenters. The average molecular weight is 683 g/mol. The number of hydrogen-bond acceptors (Lipinski definition) is 6. The minimum Gasteiger partial charge on any atom is -0.416 e. The van der Waals surface area contributed by atoms with Crippen molar-refractivity contribution >= 4 is 16.6 Å². The number of hydrogen-bond donors (Lipinski definition) is 1. The Hall–Kier alpha value is -0.326. The first kappa shape index (κ1) is 41.8. The standard InChI is InChI=1S/C38H74O6Si2/c1-27-20-21-31(43-33(3,4)5)37(14,30(27)25-42-45(16,17)34(6,7)8)24-32(41-26-40-15)38(39)28(2)22-29(23-36(38,12)13)44-46(18,19)35(9,10)11/h22,29-32,39H,1,20-21,23-26H2,2-19H3/t29-,30+,31+,32-,37+,38-/m1/s1. The van der Waals surface area contributed by atoms with Crippen LogP contribution in [0.4, 0.5) is 0 Å². The van der Waals surface area contributed by atoms with Crippen LogP contribution in [0.3, 0.4) is 0 Å². The van der Waals surface area contributed by atoms with E-state index in [1.165, 1.54) is 5.57 Å². The fourth-order valence-electron chi connectivity index (χ4n) is 7.08. The molecular formula is C38H74O6Si2. The first-order valence-corrected chi connectivity index (χ1v) is 23.5. The molecule has 6 nitrogen and oxygen atoms in total. The Labute approximate surface area is 286 Å². The van der Waals surface area contributed by atoms with Crippen LogP contribution in [-0.4, -0.2) is 71.8 Å². The molecule has 2 aliphatic rings. The summed E-state index contributed by atoms with van der Waals surface area (Å²) >= 11 is 0. The highest BCUT2D eigenvalue weighted by Gasteiger charge is 2.59. The molecule has 0 bridgehead atoms. The largest absolute Gasteiger partial charge is 0.416 e. The van der Waals surface area contributed by atoms with Gasteiger partial charge in [-0.05, 0) is 95.2 Å². The van der Waals surface area contributed by atoms with E-state index in [1.807, 2.05) is 0 Å². The highest BCUT2D eigenvalue weighted by molar-refractivity contribution is 6.74. The molecule has 0 saturated heterocycles. The molecule has 0 aromatic heterocycles. The summed E-state index contributed by atoms with van der Waals surface area (Å²) in [6.07, 6.45) is 4.53. The minimum atomic E-state index is -2.04. The Bertz CT molecular complexity index is 1080. The molecule has 2 rings (SSSR count). The molecule has 270 valence electrons. The van der Waals surface area contributed by atoms with Gasteiger partial charge in [-0.3, -0.25) is 0 Å². The molecule has 1 fully saturated rings. The SMILES string of the molecule is C=C1CC[C@H](OC(C)(C)C)[C@@](C)(C[C@@H](OCOC)[C@]2(O)C(C)=C[C@@H](O[Si](C)(C)C(C)(C)C)CC2(C)C)[C@H]1CO[Si](C)(C)C(C)(C)C. The van der Waals surface area contributed by atoms with E-state index in [9.17, 15) is 5.11 Å². The van der Waals surface area contributed by atoms with Gasteiger partial charge in [0.2, 0.25) is 0 Å². The van der Waals surface area contributed by atoms with Crippen molar-refractivity contribution in [3.05, 3.63) is 23.8 Å². The van der Waals surface area contributed by atoms with E-state index in [0.717, 1.165) is 18.4 Å². The summed E-state index contributed by atoms with van der Waals surface area (Å²) in [4.78, 5) is 0. The van der Waals surface area contributed by atoms with Crippen LogP contribution in [0.5, 0.6) is 0 Å². The van der Waals surface area contributed by atoms with Crippen molar-refractivity contribution in [1.29, 1.82) is 0 Å². The molecular weight excluding hydrogens is 609 g/mol. The van der Waals surface area contributed by atoms with Gasteiger partial charge in [-0.15, -0.1) is 0 Å². The van der Waals surface area contributed by atoms with E-state index < -0.39 is 39.2 Å². The third kappa shape index (κ3) is 9.06. The Morgan fingerprint density at radius 1 is 0.957 bits per heavy atom. The molecule has 8 heteroatoms. The summed E-state index contributed by atoms with van der Waals surface area (Å²) in [5.41, 5.74) is -0.433. The van der Waals surface area contributed by atoms with E-state index in [0.29, 0.717) is 19.4 Å². The number of rotatable bonds is 12. The second-order valence-corrected chi connectivity index (χ2v) is 29.0. The van der Waals surface area contributed by atoms with Crippen LogP contribution >= 0.6 is 0 Å². The second-order valence-electron chi connectivity index (χ2n) is 19.4. The Morgan fingerprint density at radius 2 is 1.50 bits per heavy atom. The topological polar surface area (TPSA) is 66.4 Å². The zero-order valence-corrected chi connectivity index (χ0v) is 35.3. The lowest BCUT2D eigenvalue weighted by atomic mass is 9.56. The van der Waals surface area contributed by atoms with Crippen LogP contribution in [0, 0.1) is 16.7 Å². The molecule has 0 aromatic carbocycles. The van der Waals surface area contributed by atoms with Gasteiger partial charge in [-0.2, -0.15) is 0 Å². The van der Waals surface area contributed by atoms with Gasteiger partial charge in [-0.25, -0.2) is 0 Å². The lowest BCUT2D eigenvalue weighted by Crippen LogP contribution is -2.62. The normalized spacial score (nSPS) is 30.7. The number of aliphatic hydroxyl groups is 1. The quantitative estimate of drug-likeness (QED) is 0.126. The van der Waals surface area contributed by atoms with Crippen LogP contribution in [0.15, 0.2) is 23.8 Å². The first-order chi connectivity index (χ1) is 20.5. The van der Waals surface area contributed by atoms with E-state index in [2.05, 4.69) is 129 Å². The molecule has 0 radical (unpaired) electrons. The monoisotopic (exact) mass is 683 g/mol. The van der Waals surface area contributed by atoms with Gasteiger partial charge in [0.15, 0.2) is 16.6 Å². The van der Waals surface area contributed by atoms with Crippen LogP contribution in [0.1, 0.15) is 116 Å². The second kappa shape index (κ2) is 14.1. The molecule has 2 aliphatic carbocycles. The van der Waals surface area contributed by atoms with E-state index in [4.69, 9.17) is 23.1 Å². The van der Waals surface area contributed by atoms with E-state index in [-0.39, 0.29) is 40.6 Å². The van der Waals surface area contributed by atoms with Gasteiger partial charge in [0, 0.05) is 30.5 Å². The summed E-state index contributed by atoms with van der Waals surface area (Å²) in [5.74, 6) is 0.0469. The molecule has 46 heavy (non-hydrogen) atoms. The minimum absolute atomic E-state index is 0.0469. The predicted molar refractivity (Wildman–Crippen MR) is 198 cm³/mol. The summed E-state index contributed by atoms with van der Waals surface area (Å²) in [5, 5.41) is 13.2. The molecule has 6 atom stereocenters. The summed E-state index contributed by atoms with van der Waals surface area (Å²) in [6.45, 7) is 43.3. The molecule has 0 aliphatic heterocycles. The number of ether oxygens (including phenoxy) is 3. The van der Waals surface area contributed by atoms with Gasteiger partial charge in [-0.1, -0.05) is 80.5 Å². The van der Waals surface area contributed by atoms with Gasteiger partial charge in [0.05, 0.1) is 23.9 Å². The molecule has 0 amide bonds. The smallest absolute Gasteiger partial charge is 0.192 e. The highest BCUT2D eigenvalue weighted by Crippen LogP contribution is 2.56. The zero-order chi connectivity index (χ0) is 35.9. The van der Waals surface area contributed by atoms with Crippen molar-refractivity contribution in [1.82, 2.24) is 0 Å². The summed E-state index contributed by atoms with van der Waals surface area (Å²) < 4.78 is 32.8. The van der Waals surface area contributed by atoms with Crippen molar-refractivity contribution in [3.63, 3.8) is 0 Å². The lowest BCUT2D eigenvalue weighted by Gasteiger charge is -2.57. The number of methoxy groups -OCH3 is 1. The van der Waals surface area contributed by atoms with Gasteiger partial charge in [0.25, 0.3) is 0 Å². The Kier molecular flexibility index (Phi) is 12.8. The molecule has 0 spiro atoms. The summed E-state index contributed by atoms with van der Waals surface area (Å²) in [6, 6.07) is 0. The Morgan fingerprint density at radius 3 is 1.96 bits per heavy atom. The van der Waals surface area contributed by atoms with E-state index >= 15 is 0 Å².